The van der Waals surface area contributed by atoms with Crippen LogP contribution in [-0.4, -0.2) is 5.97 Å². The molecule has 1 aromatic heterocycles. The van der Waals surface area contributed by atoms with Gasteiger partial charge >= 0.3 is 5.97 Å². The third-order valence-corrected chi connectivity index (χ3v) is 8.49. The molecule has 0 fully saturated rings. The molecule has 1 aliphatic rings. The lowest BCUT2D eigenvalue weighted by Crippen LogP contribution is -2.21. The van der Waals surface area contributed by atoms with E-state index in [1.807, 2.05) is 79.7 Å². The predicted octanol–water partition coefficient (Wildman–Crippen LogP) is 7.88. The molecule has 0 amide bonds. The smallest absolute Gasteiger partial charge is 0.355 e. The molecule has 6 nitrogen and oxygen atoms in total. The molecule has 0 saturated heterocycles. The summed E-state index contributed by atoms with van der Waals surface area (Å²) in [6.45, 7) is 2.45. The molecule has 202 valence electrons. The molecule has 0 bridgehead atoms. The number of esters is 1. The van der Waals surface area contributed by atoms with Gasteiger partial charge in [-0.3, -0.25) is 0 Å². The number of hydrogen-bond acceptors (Lipinski definition) is 7. The number of aryl methyl sites for hydroxylation is 1. The van der Waals surface area contributed by atoms with Gasteiger partial charge in [0.25, 0.3) is 0 Å². The van der Waals surface area contributed by atoms with E-state index in [1.165, 1.54) is 16.9 Å². The molecule has 0 saturated carbocycles. The Morgan fingerprint density at radius 1 is 1.02 bits per heavy atom. The summed E-state index contributed by atoms with van der Waals surface area (Å²) in [5.41, 5.74) is 10.3. The second-order valence-corrected chi connectivity index (χ2v) is 11.0. The SMILES string of the molecule is Cc1ccc(COc2cccc(C3C(C#N)=C(N)Oc4cc(OC(=O)c5sc6ccccc6c5Cl)ccc43)c2)cc1. The highest BCUT2D eigenvalue weighted by molar-refractivity contribution is 7.21. The highest BCUT2D eigenvalue weighted by Gasteiger charge is 2.31. The van der Waals surface area contributed by atoms with Crippen LogP contribution in [0.15, 0.2) is 102 Å². The van der Waals surface area contributed by atoms with Gasteiger partial charge in [-0.2, -0.15) is 5.26 Å². The zero-order valence-electron chi connectivity index (χ0n) is 21.9. The van der Waals surface area contributed by atoms with Crippen LogP contribution in [0, 0.1) is 18.3 Å². The van der Waals surface area contributed by atoms with E-state index >= 15 is 0 Å². The lowest BCUT2D eigenvalue weighted by Gasteiger charge is -2.27. The molecule has 0 spiro atoms. The van der Waals surface area contributed by atoms with Gasteiger partial charge in [0.05, 0.1) is 10.9 Å². The van der Waals surface area contributed by atoms with Crippen molar-refractivity contribution >= 4 is 39.0 Å². The maximum atomic E-state index is 13.0. The standard InChI is InChI=1S/C33H23ClN2O4S/c1-19-9-11-20(12-10-19)18-38-22-6-4-5-21(15-22)29-24-14-13-23(16-27(24)40-32(36)26(29)17-35)39-33(37)31-30(34)25-7-2-3-8-28(25)41-31/h2-16,29H,18,36H2,1H3. The van der Waals surface area contributed by atoms with Gasteiger partial charge in [-0.25, -0.2) is 4.79 Å². The molecule has 2 N–H and O–H groups in total. The second-order valence-electron chi connectivity index (χ2n) is 9.60. The summed E-state index contributed by atoms with van der Waals surface area (Å²) in [5, 5.41) is 11.1. The summed E-state index contributed by atoms with van der Waals surface area (Å²) < 4.78 is 18.4. The van der Waals surface area contributed by atoms with E-state index in [9.17, 15) is 10.1 Å². The molecule has 0 radical (unpaired) electrons. The van der Waals surface area contributed by atoms with Gasteiger partial charge in [0.2, 0.25) is 5.88 Å². The number of fused-ring (bicyclic) bond motifs is 2. The van der Waals surface area contributed by atoms with Gasteiger partial charge in [-0.1, -0.05) is 77.8 Å². The number of nitrogens with two attached hydrogens (primary N) is 1. The van der Waals surface area contributed by atoms with Crippen molar-refractivity contribution in [1.82, 2.24) is 0 Å². The average molecular weight is 579 g/mol. The van der Waals surface area contributed by atoms with Gasteiger partial charge in [0.15, 0.2) is 0 Å². The largest absolute Gasteiger partial charge is 0.489 e. The van der Waals surface area contributed by atoms with Gasteiger partial charge in [0, 0.05) is 21.7 Å². The molecule has 2 heterocycles. The quantitative estimate of drug-likeness (QED) is 0.163. The number of carbonyl (C=O) groups is 1. The van der Waals surface area contributed by atoms with Crippen molar-refractivity contribution in [2.45, 2.75) is 19.4 Å². The predicted molar refractivity (Wildman–Crippen MR) is 159 cm³/mol. The van der Waals surface area contributed by atoms with Crippen LogP contribution >= 0.6 is 22.9 Å². The first-order valence-corrected chi connectivity index (χ1v) is 14.0. The van der Waals surface area contributed by atoms with Gasteiger partial charge in [-0.05, 0) is 42.3 Å². The number of allylic oxidation sites excluding steroid dienone is 1. The van der Waals surface area contributed by atoms with Gasteiger partial charge in [0.1, 0.15) is 40.4 Å². The van der Waals surface area contributed by atoms with Crippen molar-refractivity contribution in [2.75, 3.05) is 0 Å². The molecule has 5 aromatic rings. The summed E-state index contributed by atoms with van der Waals surface area (Å²) >= 11 is 7.74. The van der Waals surface area contributed by atoms with Crippen molar-refractivity contribution in [3.8, 4) is 23.3 Å². The minimum Gasteiger partial charge on any atom is -0.489 e. The van der Waals surface area contributed by atoms with E-state index in [0.29, 0.717) is 33.6 Å². The van der Waals surface area contributed by atoms with Crippen molar-refractivity contribution in [3.05, 3.63) is 135 Å². The zero-order valence-corrected chi connectivity index (χ0v) is 23.5. The Balaban J connectivity index is 1.27. The van der Waals surface area contributed by atoms with E-state index in [-0.39, 0.29) is 17.2 Å². The third kappa shape index (κ3) is 5.23. The second kappa shape index (κ2) is 11.0. The Kier molecular flexibility index (Phi) is 7.10. The van der Waals surface area contributed by atoms with E-state index in [4.69, 9.17) is 31.5 Å². The minimum atomic E-state index is -0.567. The van der Waals surface area contributed by atoms with Crippen LogP contribution in [0.25, 0.3) is 10.1 Å². The molecule has 1 unspecified atom stereocenters. The molecular weight excluding hydrogens is 556 g/mol. The molecular formula is C33H23ClN2O4S. The first kappa shape index (κ1) is 26.5. The molecule has 1 aliphatic heterocycles. The van der Waals surface area contributed by atoms with Crippen molar-refractivity contribution in [2.24, 2.45) is 5.73 Å². The number of nitriles is 1. The first-order valence-electron chi connectivity index (χ1n) is 12.8. The maximum Gasteiger partial charge on any atom is 0.355 e. The Labute approximate surface area is 245 Å². The Morgan fingerprint density at radius 3 is 2.61 bits per heavy atom. The summed E-state index contributed by atoms with van der Waals surface area (Å²) in [6.07, 6.45) is 0. The van der Waals surface area contributed by atoms with Crippen LogP contribution in [-0.2, 0) is 6.61 Å². The van der Waals surface area contributed by atoms with Crippen LogP contribution in [0.2, 0.25) is 5.02 Å². The number of ether oxygens (including phenoxy) is 3. The van der Waals surface area contributed by atoms with Gasteiger partial charge < -0.3 is 19.9 Å². The molecule has 4 aromatic carbocycles. The van der Waals surface area contributed by atoms with Crippen LogP contribution < -0.4 is 19.9 Å². The van der Waals surface area contributed by atoms with Crippen molar-refractivity contribution in [3.63, 3.8) is 0 Å². The summed E-state index contributed by atoms with van der Waals surface area (Å²) in [7, 11) is 0. The number of hydrogen-bond donors (Lipinski definition) is 1. The molecule has 6 rings (SSSR count). The minimum absolute atomic E-state index is 0.00740. The normalized spacial score (nSPS) is 14.2. The fourth-order valence-corrected chi connectivity index (χ4v) is 6.16. The Morgan fingerprint density at radius 2 is 1.83 bits per heavy atom. The molecule has 0 aliphatic carbocycles. The number of nitrogens with zero attached hydrogens (tertiary/aromatic N) is 1. The Hall–Kier alpha value is -4.77. The maximum absolute atomic E-state index is 13.0. The van der Waals surface area contributed by atoms with E-state index in [2.05, 4.69) is 6.07 Å². The lowest BCUT2D eigenvalue weighted by molar-refractivity contribution is 0.0740. The summed E-state index contributed by atoms with van der Waals surface area (Å²) in [6, 6.07) is 30.5. The van der Waals surface area contributed by atoms with E-state index in [0.717, 1.165) is 21.2 Å². The highest BCUT2D eigenvalue weighted by Crippen LogP contribution is 2.44. The Bertz CT molecular complexity index is 1870. The van der Waals surface area contributed by atoms with Crippen LogP contribution in [0.3, 0.4) is 0 Å². The third-order valence-electron chi connectivity index (χ3n) is 6.84. The lowest BCUT2D eigenvalue weighted by atomic mass is 9.83. The number of rotatable bonds is 6. The van der Waals surface area contributed by atoms with Crippen LogP contribution in [0.5, 0.6) is 17.2 Å². The van der Waals surface area contributed by atoms with E-state index in [1.54, 1.807) is 18.2 Å². The van der Waals surface area contributed by atoms with E-state index < -0.39 is 11.9 Å². The molecule has 8 heteroatoms. The highest BCUT2D eigenvalue weighted by atomic mass is 35.5. The van der Waals surface area contributed by atoms with Gasteiger partial charge in [-0.15, -0.1) is 11.3 Å². The number of thiophene rings is 1. The zero-order chi connectivity index (χ0) is 28.5. The summed E-state index contributed by atoms with van der Waals surface area (Å²) in [5.74, 6) is 0.260. The number of benzene rings is 4. The topological polar surface area (TPSA) is 94.6 Å². The molecule has 41 heavy (non-hydrogen) atoms. The van der Waals surface area contributed by atoms with Crippen molar-refractivity contribution < 1.29 is 19.0 Å². The first-order chi connectivity index (χ1) is 19.9. The number of halogens is 1. The average Bonchev–Trinajstić information content (AvgIpc) is 3.32. The fraction of sp³-hybridized carbons (Fsp3) is 0.0909. The monoisotopic (exact) mass is 578 g/mol. The van der Waals surface area contributed by atoms with Crippen LogP contribution in [0.4, 0.5) is 0 Å². The fourth-order valence-electron chi connectivity index (χ4n) is 4.78. The van der Waals surface area contributed by atoms with Crippen LogP contribution in [0.1, 0.15) is 37.8 Å². The summed E-state index contributed by atoms with van der Waals surface area (Å²) in [4.78, 5) is 13.3. The van der Waals surface area contributed by atoms with Crippen molar-refractivity contribution in [1.29, 1.82) is 5.26 Å². The molecule has 1 atom stereocenters. The number of carbonyl (C=O) groups excluding carboxylic acids is 1.